The van der Waals surface area contributed by atoms with Gasteiger partial charge in [-0.25, -0.2) is 0 Å². The van der Waals surface area contributed by atoms with Crippen molar-refractivity contribution in [1.29, 1.82) is 0 Å². The van der Waals surface area contributed by atoms with Crippen molar-refractivity contribution in [2.24, 2.45) is 5.92 Å². The minimum atomic E-state index is -0.0345. The molecule has 3 heteroatoms. The Bertz CT molecular complexity index is 454. The van der Waals surface area contributed by atoms with E-state index in [4.69, 9.17) is 4.74 Å². The highest BCUT2D eigenvalue weighted by Crippen LogP contribution is 2.14. The summed E-state index contributed by atoms with van der Waals surface area (Å²) >= 11 is 0. The Morgan fingerprint density at radius 1 is 1.38 bits per heavy atom. The molecule has 1 N–H and O–H groups in total. The molecule has 0 aliphatic rings. The summed E-state index contributed by atoms with van der Waals surface area (Å²) in [5, 5.41) is 2.98. The SMILES string of the molecule is CCCCC(CC)CNC(=O)C=Cc1cccc(OC)c1. The van der Waals surface area contributed by atoms with Gasteiger partial charge >= 0.3 is 0 Å². The first-order valence-electron chi connectivity index (χ1n) is 7.79. The zero-order valence-electron chi connectivity index (χ0n) is 13.4. The van der Waals surface area contributed by atoms with Crippen LogP contribution in [0.3, 0.4) is 0 Å². The van der Waals surface area contributed by atoms with Crippen LogP contribution in [-0.4, -0.2) is 19.6 Å². The average molecular weight is 289 g/mol. The number of hydrogen-bond acceptors (Lipinski definition) is 2. The maximum Gasteiger partial charge on any atom is 0.244 e. The van der Waals surface area contributed by atoms with Gasteiger partial charge in [0, 0.05) is 12.6 Å². The van der Waals surface area contributed by atoms with Crippen molar-refractivity contribution >= 4 is 12.0 Å². The van der Waals surface area contributed by atoms with Gasteiger partial charge < -0.3 is 10.1 Å². The monoisotopic (exact) mass is 289 g/mol. The van der Waals surface area contributed by atoms with E-state index in [-0.39, 0.29) is 5.91 Å². The van der Waals surface area contributed by atoms with Crippen molar-refractivity contribution in [3.63, 3.8) is 0 Å². The molecule has 3 nitrogen and oxygen atoms in total. The van der Waals surface area contributed by atoms with Crippen LogP contribution in [0.25, 0.3) is 6.08 Å². The van der Waals surface area contributed by atoms with Crippen LogP contribution in [-0.2, 0) is 4.79 Å². The van der Waals surface area contributed by atoms with Crippen LogP contribution in [0.5, 0.6) is 5.75 Å². The quantitative estimate of drug-likeness (QED) is 0.697. The highest BCUT2D eigenvalue weighted by molar-refractivity contribution is 5.91. The second-order valence-corrected chi connectivity index (χ2v) is 5.27. The molecule has 0 saturated carbocycles. The number of ether oxygens (including phenoxy) is 1. The molecule has 0 saturated heterocycles. The molecule has 1 aromatic rings. The zero-order valence-corrected chi connectivity index (χ0v) is 13.4. The van der Waals surface area contributed by atoms with E-state index < -0.39 is 0 Å². The number of methoxy groups -OCH3 is 1. The summed E-state index contributed by atoms with van der Waals surface area (Å²) in [5.41, 5.74) is 0.961. The Morgan fingerprint density at radius 2 is 2.19 bits per heavy atom. The molecule has 0 fully saturated rings. The van der Waals surface area contributed by atoms with E-state index in [1.54, 1.807) is 13.2 Å². The van der Waals surface area contributed by atoms with E-state index in [9.17, 15) is 4.79 Å². The van der Waals surface area contributed by atoms with E-state index in [2.05, 4.69) is 19.2 Å². The van der Waals surface area contributed by atoms with E-state index in [0.29, 0.717) is 5.92 Å². The summed E-state index contributed by atoms with van der Waals surface area (Å²) < 4.78 is 5.16. The summed E-state index contributed by atoms with van der Waals surface area (Å²) in [6.07, 6.45) is 8.13. The topological polar surface area (TPSA) is 38.3 Å². The summed E-state index contributed by atoms with van der Waals surface area (Å²) in [6, 6.07) is 7.65. The van der Waals surface area contributed by atoms with Crippen LogP contribution in [0.4, 0.5) is 0 Å². The summed E-state index contributed by atoms with van der Waals surface area (Å²) in [7, 11) is 1.64. The summed E-state index contributed by atoms with van der Waals surface area (Å²) in [6.45, 7) is 5.14. The fourth-order valence-corrected chi connectivity index (χ4v) is 2.16. The van der Waals surface area contributed by atoms with E-state index in [1.165, 1.54) is 19.3 Å². The second-order valence-electron chi connectivity index (χ2n) is 5.27. The van der Waals surface area contributed by atoms with Gasteiger partial charge in [-0.1, -0.05) is 45.2 Å². The number of nitrogens with one attached hydrogen (secondary N) is 1. The molecule has 1 rings (SSSR count). The molecule has 0 heterocycles. The van der Waals surface area contributed by atoms with Gasteiger partial charge in [0.05, 0.1) is 7.11 Å². The highest BCUT2D eigenvalue weighted by atomic mass is 16.5. The molecule has 1 aromatic carbocycles. The van der Waals surface area contributed by atoms with E-state index >= 15 is 0 Å². The Morgan fingerprint density at radius 3 is 2.86 bits per heavy atom. The molecule has 21 heavy (non-hydrogen) atoms. The van der Waals surface area contributed by atoms with Gasteiger partial charge in [0.1, 0.15) is 5.75 Å². The largest absolute Gasteiger partial charge is 0.497 e. The van der Waals surface area contributed by atoms with E-state index in [1.807, 2.05) is 30.3 Å². The molecule has 0 aromatic heterocycles. The van der Waals surface area contributed by atoms with Crippen LogP contribution < -0.4 is 10.1 Å². The molecule has 0 radical (unpaired) electrons. The lowest BCUT2D eigenvalue weighted by molar-refractivity contribution is -0.116. The fraction of sp³-hybridized carbons (Fsp3) is 0.500. The lowest BCUT2D eigenvalue weighted by Crippen LogP contribution is -2.27. The molecule has 0 aliphatic heterocycles. The first kappa shape index (κ1) is 17.3. The van der Waals surface area contributed by atoms with Crippen molar-refractivity contribution in [1.82, 2.24) is 5.32 Å². The maximum atomic E-state index is 11.8. The van der Waals surface area contributed by atoms with Crippen molar-refractivity contribution in [3.05, 3.63) is 35.9 Å². The first-order valence-corrected chi connectivity index (χ1v) is 7.79. The third-order valence-corrected chi connectivity index (χ3v) is 3.63. The van der Waals surface area contributed by atoms with Gasteiger partial charge in [-0.05, 0) is 36.1 Å². The lowest BCUT2D eigenvalue weighted by atomic mass is 9.99. The minimum Gasteiger partial charge on any atom is -0.497 e. The molecular formula is C18H27NO2. The standard InChI is InChI=1S/C18H27NO2/c1-4-6-8-15(5-2)14-19-18(20)12-11-16-9-7-10-17(13-16)21-3/h7,9-13,15H,4-6,8,14H2,1-3H3,(H,19,20). The number of hydrogen-bond donors (Lipinski definition) is 1. The molecule has 0 bridgehead atoms. The first-order chi connectivity index (χ1) is 10.2. The summed E-state index contributed by atoms with van der Waals surface area (Å²) in [5.74, 6) is 1.34. The van der Waals surface area contributed by atoms with E-state index in [0.717, 1.165) is 24.3 Å². The minimum absolute atomic E-state index is 0.0345. The van der Waals surface area contributed by atoms with Gasteiger partial charge in [-0.15, -0.1) is 0 Å². The molecule has 0 spiro atoms. The molecular weight excluding hydrogens is 262 g/mol. The highest BCUT2D eigenvalue weighted by Gasteiger charge is 2.06. The normalized spacial score (nSPS) is 12.3. The van der Waals surface area contributed by atoms with Crippen molar-refractivity contribution in [2.75, 3.05) is 13.7 Å². The number of carbonyl (C=O) groups excluding carboxylic acids is 1. The van der Waals surface area contributed by atoms with Crippen LogP contribution in [0.15, 0.2) is 30.3 Å². The predicted molar refractivity (Wildman–Crippen MR) is 88.3 cm³/mol. The average Bonchev–Trinajstić information content (AvgIpc) is 2.53. The number of carbonyl (C=O) groups is 1. The van der Waals surface area contributed by atoms with Crippen molar-refractivity contribution in [2.45, 2.75) is 39.5 Å². The van der Waals surface area contributed by atoms with Crippen molar-refractivity contribution in [3.8, 4) is 5.75 Å². The van der Waals surface area contributed by atoms with Crippen LogP contribution >= 0.6 is 0 Å². The van der Waals surface area contributed by atoms with Crippen LogP contribution in [0.2, 0.25) is 0 Å². The molecule has 0 aliphatic carbocycles. The Kier molecular flexibility index (Phi) is 8.25. The molecule has 1 amide bonds. The Hall–Kier alpha value is -1.77. The van der Waals surface area contributed by atoms with Gasteiger partial charge in [0.25, 0.3) is 0 Å². The van der Waals surface area contributed by atoms with Gasteiger partial charge in [-0.2, -0.15) is 0 Å². The number of amides is 1. The Labute approximate surface area is 128 Å². The third kappa shape index (κ3) is 6.98. The fourth-order valence-electron chi connectivity index (χ4n) is 2.16. The predicted octanol–water partition coefficient (Wildman–Crippen LogP) is 4.04. The van der Waals surface area contributed by atoms with Gasteiger partial charge in [-0.3, -0.25) is 4.79 Å². The summed E-state index contributed by atoms with van der Waals surface area (Å²) in [4.78, 5) is 11.8. The maximum absolute atomic E-state index is 11.8. The molecule has 1 atom stereocenters. The number of rotatable bonds is 9. The molecule has 116 valence electrons. The second kappa shape index (κ2) is 10.0. The van der Waals surface area contributed by atoms with Crippen molar-refractivity contribution < 1.29 is 9.53 Å². The lowest BCUT2D eigenvalue weighted by Gasteiger charge is -2.14. The number of benzene rings is 1. The number of unbranched alkanes of at least 4 members (excludes halogenated alkanes) is 1. The Balaban J connectivity index is 2.43. The third-order valence-electron chi connectivity index (χ3n) is 3.63. The van der Waals surface area contributed by atoms with Crippen LogP contribution in [0, 0.1) is 5.92 Å². The van der Waals surface area contributed by atoms with Crippen LogP contribution in [0.1, 0.15) is 45.1 Å². The van der Waals surface area contributed by atoms with Gasteiger partial charge in [0.15, 0.2) is 0 Å². The molecule has 1 unspecified atom stereocenters. The zero-order chi connectivity index (χ0) is 15.5. The smallest absolute Gasteiger partial charge is 0.244 e. The van der Waals surface area contributed by atoms with Gasteiger partial charge in [0.2, 0.25) is 5.91 Å².